The van der Waals surface area contributed by atoms with Crippen LogP contribution in [-0.4, -0.2) is 19.4 Å². The smallest absolute Gasteiger partial charge is 0.418 e. The lowest BCUT2D eigenvalue weighted by atomic mass is 9.69. The number of carbonyl (C=O) groups excluding carboxylic acids is 1. The van der Waals surface area contributed by atoms with E-state index in [2.05, 4.69) is 4.90 Å². The molecule has 2 aliphatic rings. The highest BCUT2D eigenvalue weighted by Gasteiger charge is 2.45. The van der Waals surface area contributed by atoms with Crippen molar-refractivity contribution in [3.63, 3.8) is 0 Å². The standard InChI is InChI=1S/C21H22F3NO3/c1-19(2)5-7-25-8-6-20(3,4)15-16(25)13(19)9-11-14(21(22,23)24)12(10-26)18(27)28-17(11)15/h9-10H,5-8H2,1-4H3. The summed E-state index contributed by atoms with van der Waals surface area (Å²) in [6, 6.07) is 1.49. The third kappa shape index (κ3) is 2.51. The van der Waals surface area contributed by atoms with Crippen molar-refractivity contribution in [3.8, 4) is 0 Å². The Bertz CT molecular complexity index is 1060. The molecule has 2 aromatic rings. The van der Waals surface area contributed by atoms with Gasteiger partial charge in [0.05, 0.1) is 5.56 Å². The Morgan fingerprint density at radius 3 is 2.29 bits per heavy atom. The van der Waals surface area contributed by atoms with E-state index in [1.54, 1.807) is 0 Å². The number of fused-ring (bicyclic) bond motifs is 2. The third-order valence-electron chi connectivity index (χ3n) is 6.34. The van der Waals surface area contributed by atoms with E-state index < -0.39 is 28.3 Å². The SMILES string of the molecule is CC1(C)CCN2CCC(C)(C)c3c2c1cc1c(C(F)(F)F)c(C=O)c(=O)oc31. The second-order valence-corrected chi connectivity index (χ2v) is 9.07. The molecular formula is C21H22F3NO3. The highest BCUT2D eigenvalue weighted by molar-refractivity contribution is 5.96. The Morgan fingerprint density at radius 2 is 1.71 bits per heavy atom. The van der Waals surface area contributed by atoms with Crippen LogP contribution in [0.25, 0.3) is 11.0 Å². The lowest BCUT2D eigenvalue weighted by Crippen LogP contribution is -2.45. The van der Waals surface area contributed by atoms with Crippen molar-refractivity contribution < 1.29 is 22.4 Å². The predicted octanol–water partition coefficient (Wildman–Crippen LogP) is 4.79. The van der Waals surface area contributed by atoms with E-state index in [-0.39, 0.29) is 22.7 Å². The average molecular weight is 393 g/mol. The number of rotatable bonds is 1. The van der Waals surface area contributed by atoms with Gasteiger partial charge in [0, 0.05) is 29.7 Å². The first-order valence-electron chi connectivity index (χ1n) is 9.34. The molecule has 0 aliphatic carbocycles. The number of anilines is 1. The van der Waals surface area contributed by atoms with Crippen molar-refractivity contribution in [2.45, 2.75) is 57.5 Å². The van der Waals surface area contributed by atoms with Crippen LogP contribution in [-0.2, 0) is 17.0 Å². The van der Waals surface area contributed by atoms with Crippen LogP contribution < -0.4 is 10.5 Å². The molecule has 0 N–H and O–H groups in total. The quantitative estimate of drug-likeness (QED) is 0.516. The van der Waals surface area contributed by atoms with E-state index in [0.717, 1.165) is 37.2 Å². The van der Waals surface area contributed by atoms with Crippen LogP contribution in [0.5, 0.6) is 0 Å². The molecule has 0 spiro atoms. The fraction of sp³-hybridized carbons (Fsp3) is 0.524. The first kappa shape index (κ1) is 19.0. The van der Waals surface area contributed by atoms with Crippen LogP contribution >= 0.6 is 0 Å². The lowest BCUT2D eigenvalue weighted by molar-refractivity contribution is -0.136. The highest BCUT2D eigenvalue weighted by Crippen LogP contribution is 2.53. The molecule has 28 heavy (non-hydrogen) atoms. The van der Waals surface area contributed by atoms with E-state index >= 15 is 0 Å². The van der Waals surface area contributed by atoms with Gasteiger partial charge in [0.1, 0.15) is 11.1 Å². The van der Waals surface area contributed by atoms with Crippen molar-refractivity contribution in [2.24, 2.45) is 0 Å². The van der Waals surface area contributed by atoms with E-state index in [4.69, 9.17) is 4.42 Å². The second kappa shape index (κ2) is 5.61. The Balaban J connectivity index is 2.29. The van der Waals surface area contributed by atoms with Gasteiger partial charge in [-0.2, -0.15) is 13.2 Å². The number of carbonyl (C=O) groups is 1. The summed E-state index contributed by atoms with van der Waals surface area (Å²) in [5.41, 5.74) is -1.91. The van der Waals surface area contributed by atoms with Crippen molar-refractivity contribution in [2.75, 3.05) is 18.0 Å². The molecule has 3 heterocycles. The minimum absolute atomic E-state index is 0.0472. The van der Waals surface area contributed by atoms with Gasteiger partial charge in [-0.05, 0) is 35.3 Å². The zero-order chi connectivity index (χ0) is 20.6. The van der Waals surface area contributed by atoms with Gasteiger partial charge in [-0.1, -0.05) is 27.7 Å². The Kier molecular flexibility index (Phi) is 3.81. The molecule has 0 saturated heterocycles. The normalized spacial score (nSPS) is 20.2. The third-order valence-corrected chi connectivity index (χ3v) is 6.34. The maximum absolute atomic E-state index is 13.9. The van der Waals surface area contributed by atoms with Crippen molar-refractivity contribution in [1.82, 2.24) is 0 Å². The summed E-state index contributed by atoms with van der Waals surface area (Å²) in [4.78, 5) is 25.8. The summed E-state index contributed by atoms with van der Waals surface area (Å²) in [5, 5.41) is -0.201. The fourth-order valence-corrected chi connectivity index (χ4v) is 4.65. The van der Waals surface area contributed by atoms with Crippen LogP contribution in [0, 0.1) is 0 Å². The van der Waals surface area contributed by atoms with Gasteiger partial charge in [-0.15, -0.1) is 0 Å². The zero-order valence-electron chi connectivity index (χ0n) is 16.3. The number of hydrogen-bond acceptors (Lipinski definition) is 4. The van der Waals surface area contributed by atoms with E-state index in [9.17, 15) is 22.8 Å². The molecule has 4 rings (SSSR count). The first-order valence-corrected chi connectivity index (χ1v) is 9.34. The van der Waals surface area contributed by atoms with Crippen molar-refractivity contribution in [3.05, 3.63) is 38.7 Å². The zero-order valence-corrected chi connectivity index (χ0v) is 16.3. The van der Waals surface area contributed by atoms with Crippen LogP contribution in [0.4, 0.5) is 18.9 Å². The van der Waals surface area contributed by atoms with E-state index in [1.165, 1.54) is 6.07 Å². The second-order valence-electron chi connectivity index (χ2n) is 9.07. The average Bonchev–Trinajstić information content (AvgIpc) is 2.57. The summed E-state index contributed by atoms with van der Waals surface area (Å²) in [7, 11) is 0. The molecule has 0 radical (unpaired) electrons. The van der Waals surface area contributed by atoms with Gasteiger partial charge < -0.3 is 9.32 Å². The molecule has 0 amide bonds. The lowest BCUT2D eigenvalue weighted by Gasteiger charge is -2.48. The molecule has 4 nitrogen and oxygen atoms in total. The topological polar surface area (TPSA) is 50.5 Å². The van der Waals surface area contributed by atoms with Crippen LogP contribution in [0.15, 0.2) is 15.3 Å². The molecule has 0 bridgehead atoms. The van der Waals surface area contributed by atoms with Crippen LogP contribution in [0.1, 0.15) is 67.6 Å². The number of nitrogens with zero attached hydrogens (tertiary/aromatic N) is 1. The van der Waals surface area contributed by atoms with Crippen LogP contribution in [0.2, 0.25) is 0 Å². The summed E-state index contributed by atoms with van der Waals surface area (Å²) in [6.45, 7) is 9.55. The van der Waals surface area contributed by atoms with Gasteiger partial charge >= 0.3 is 11.8 Å². The molecule has 0 saturated carbocycles. The van der Waals surface area contributed by atoms with Gasteiger partial charge in [-0.3, -0.25) is 4.79 Å². The van der Waals surface area contributed by atoms with E-state index in [0.29, 0.717) is 5.56 Å². The summed E-state index contributed by atoms with van der Waals surface area (Å²) in [6.07, 6.45) is -3.35. The van der Waals surface area contributed by atoms with Gasteiger partial charge in [0.15, 0.2) is 6.29 Å². The molecule has 0 fully saturated rings. The maximum Gasteiger partial charge on any atom is 0.418 e. The molecule has 7 heteroatoms. The molecule has 2 aliphatic heterocycles. The summed E-state index contributed by atoms with van der Waals surface area (Å²) in [5.74, 6) is 0. The van der Waals surface area contributed by atoms with Gasteiger partial charge in [0.2, 0.25) is 0 Å². The van der Waals surface area contributed by atoms with E-state index in [1.807, 2.05) is 27.7 Å². The van der Waals surface area contributed by atoms with Crippen LogP contribution in [0.3, 0.4) is 0 Å². The van der Waals surface area contributed by atoms with Crippen molar-refractivity contribution >= 4 is 22.9 Å². The Morgan fingerprint density at radius 1 is 1.11 bits per heavy atom. The van der Waals surface area contributed by atoms with Crippen molar-refractivity contribution in [1.29, 1.82) is 0 Å². The monoisotopic (exact) mass is 393 g/mol. The maximum atomic E-state index is 13.9. The predicted molar refractivity (Wildman–Crippen MR) is 100 cm³/mol. The number of hydrogen-bond donors (Lipinski definition) is 0. The molecule has 0 unspecified atom stereocenters. The Labute approximate surface area is 160 Å². The molecule has 1 aromatic carbocycles. The minimum Gasteiger partial charge on any atom is -0.422 e. The molecule has 1 aromatic heterocycles. The molecular weight excluding hydrogens is 371 g/mol. The molecule has 150 valence electrons. The first-order chi connectivity index (χ1) is 12.9. The number of alkyl halides is 3. The molecule has 0 atom stereocenters. The number of aldehydes is 1. The van der Waals surface area contributed by atoms with Gasteiger partial charge in [-0.25, -0.2) is 4.79 Å². The minimum atomic E-state index is -4.84. The number of halogens is 3. The highest BCUT2D eigenvalue weighted by atomic mass is 19.4. The van der Waals surface area contributed by atoms with Gasteiger partial charge in [0.25, 0.3) is 0 Å². The number of benzene rings is 1. The largest absolute Gasteiger partial charge is 0.422 e. The Hall–Kier alpha value is -2.31. The summed E-state index contributed by atoms with van der Waals surface area (Å²) >= 11 is 0. The summed E-state index contributed by atoms with van der Waals surface area (Å²) < 4.78 is 47.2. The fourth-order valence-electron chi connectivity index (χ4n) is 4.65.